The van der Waals surface area contributed by atoms with Crippen LogP contribution in [-0.4, -0.2) is 83.1 Å². The molecule has 1 unspecified atom stereocenters. The number of sulfonamides is 2. The van der Waals surface area contributed by atoms with E-state index in [-0.39, 0.29) is 23.3 Å². The molecule has 0 spiro atoms. The predicted octanol–water partition coefficient (Wildman–Crippen LogP) is 8.05. The zero-order valence-electron chi connectivity index (χ0n) is 35.2. The largest absolute Gasteiger partial charge is 0.332 e. The first-order chi connectivity index (χ1) is 27.3. The van der Waals surface area contributed by atoms with Gasteiger partial charge in [0.15, 0.2) is 0 Å². The number of rotatable bonds is 18. The number of hydrogen-bond donors (Lipinski definition) is 4. The van der Waals surface area contributed by atoms with E-state index in [9.17, 15) is 26.4 Å². The number of aryl methyl sites for hydroxylation is 4. The summed E-state index contributed by atoms with van der Waals surface area (Å²) in [7, 11) is -7.40. The molecule has 326 valence electrons. The Morgan fingerprint density at radius 3 is 1.30 bits per heavy atom. The molecular weight excluding hydrogens is 761 g/mol. The normalized spacial score (nSPS) is 16.1. The fourth-order valence-corrected chi connectivity index (χ4v) is 11.9. The average molecular weight is 837 g/mol. The number of benzene rings is 2. The summed E-state index contributed by atoms with van der Waals surface area (Å²) in [5.41, 5.74) is 11.8. The maximum atomic E-state index is 12.6. The summed E-state index contributed by atoms with van der Waals surface area (Å²) in [6.07, 6.45) is 16.2. The Balaban J connectivity index is 0.000000575. The molecule has 14 heteroatoms. The van der Waals surface area contributed by atoms with Gasteiger partial charge in [-0.3, -0.25) is 4.90 Å². The first-order valence-electron chi connectivity index (χ1n) is 21.7. The van der Waals surface area contributed by atoms with Gasteiger partial charge in [0.1, 0.15) is 5.88 Å². The van der Waals surface area contributed by atoms with Crippen molar-refractivity contribution in [2.45, 2.75) is 137 Å². The number of carbonyl (C=O) groups excluding carboxylic acids is 2. The zero-order valence-corrected chi connectivity index (χ0v) is 36.8. The summed E-state index contributed by atoms with van der Waals surface area (Å²) in [5.74, 6) is -0.235. The van der Waals surface area contributed by atoms with Crippen molar-refractivity contribution in [3.05, 3.63) is 56.6 Å². The lowest BCUT2D eigenvalue weighted by atomic mass is 9.99. The monoisotopic (exact) mass is 837 g/mol. The highest BCUT2D eigenvalue weighted by atomic mass is 32.2. The smallest absolute Gasteiger partial charge is 0.307 e. The predicted molar refractivity (Wildman–Crippen MR) is 240 cm³/mol. The van der Waals surface area contributed by atoms with E-state index in [0.717, 1.165) is 134 Å². The van der Waals surface area contributed by atoms with Crippen molar-refractivity contribution in [1.29, 1.82) is 0 Å². The molecule has 4 N–H and O–H groups in total. The second-order valence-corrected chi connectivity index (χ2v) is 20.1. The van der Waals surface area contributed by atoms with Crippen LogP contribution in [0.2, 0.25) is 0 Å². The number of fused-ring (bicyclic) bond motifs is 4. The molecule has 0 saturated carbocycles. The van der Waals surface area contributed by atoms with Crippen LogP contribution in [0.4, 0.5) is 21.0 Å². The van der Waals surface area contributed by atoms with Gasteiger partial charge in [0.25, 0.3) is 0 Å². The third kappa shape index (κ3) is 12.4. The molecule has 57 heavy (non-hydrogen) atoms. The minimum Gasteiger partial charge on any atom is -0.307 e. The summed E-state index contributed by atoms with van der Waals surface area (Å²) < 4.78 is 54.6. The molecule has 1 atom stereocenters. The first kappa shape index (κ1) is 44.9. The lowest BCUT2D eigenvalue weighted by Gasteiger charge is -2.24. The molecule has 0 heterocycles. The second kappa shape index (κ2) is 20.7. The van der Waals surface area contributed by atoms with E-state index in [1.807, 2.05) is 25.7 Å². The van der Waals surface area contributed by atoms with Crippen LogP contribution in [0.3, 0.4) is 0 Å². The quantitative estimate of drug-likeness (QED) is 0.118. The minimum absolute atomic E-state index is 0. The number of carbonyl (C=O) groups is 2. The molecule has 0 radical (unpaired) electrons. The molecule has 0 saturated heterocycles. The minimum atomic E-state index is -3.71. The SMILES string of the molecule is CCCN(CCC)CC(C)CS(=O)(=O)NC(=O)Nc1c2c(cc3c1CCC3)CCC2.CCCN(CCC)CS(=O)(=O)NC(=O)Nc1c2c(cc3c1CCC3)CCC2.[HH].[HH].[HH].[HH]. The van der Waals surface area contributed by atoms with Crippen LogP contribution >= 0.6 is 0 Å². The standard InChI is InChI=1S/C23H37N3O3S.C20H31N3O3S.4H2/c1-4-12-26(13-5-2)15-17(3)16-30(28,29)25-23(27)24-22-20-10-6-8-18(20)14-19-9-7-11-21(19)22;1-3-11-23(12-4-2)14-27(25,26)22-20(24)21-19-17-9-5-7-15(17)13-16-8-6-10-18(16)19;;;;/h14,17H,4-13,15-16H2,1-3H3,(H2,24,25,27);13H,3-12,14H2,1-2H3,(H2,21,22,24);4*1H. The van der Waals surface area contributed by atoms with Gasteiger partial charge in [-0.2, -0.15) is 0 Å². The van der Waals surface area contributed by atoms with Crippen molar-refractivity contribution in [2.75, 3.05) is 55.0 Å². The van der Waals surface area contributed by atoms with Crippen LogP contribution in [-0.2, 0) is 71.4 Å². The first-order valence-corrected chi connectivity index (χ1v) is 25.0. The van der Waals surface area contributed by atoms with Crippen LogP contribution < -0.4 is 20.1 Å². The van der Waals surface area contributed by atoms with Crippen LogP contribution in [0, 0.1) is 5.92 Å². The average Bonchev–Trinajstić information content (AvgIpc) is 3.95. The van der Waals surface area contributed by atoms with Gasteiger partial charge < -0.3 is 15.5 Å². The van der Waals surface area contributed by atoms with Crippen LogP contribution in [0.15, 0.2) is 12.1 Å². The number of nitrogens with one attached hydrogen (secondary N) is 4. The van der Waals surface area contributed by atoms with Crippen molar-refractivity contribution in [3.8, 4) is 0 Å². The van der Waals surface area contributed by atoms with Gasteiger partial charge in [-0.1, -0.05) is 46.8 Å². The van der Waals surface area contributed by atoms with E-state index in [4.69, 9.17) is 0 Å². The Morgan fingerprint density at radius 1 is 0.579 bits per heavy atom. The zero-order chi connectivity index (χ0) is 41.2. The maximum Gasteiger partial charge on any atom is 0.332 e. The lowest BCUT2D eigenvalue weighted by molar-refractivity contribution is 0.245. The third-order valence-corrected chi connectivity index (χ3v) is 14.2. The van der Waals surface area contributed by atoms with Crippen molar-refractivity contribution in [1.82, 2.24) is 19.2 Å². The maximum absolute atomic E-state index is 12.6. The van der Waals surface area contributed by atoms with Crippen LogP contribution in [0.1, 0.15) is 136 Å². The van der Waals surface area contributed by atoms with Crippen molar-refractivity contribution < 1.29 is 32.1 Å². The van der Waals surface area contributed by atoms with E-state index in [2.05, 4.69) is 51.0 Å². The van der Waals surface area contributed by atoms with Gasteiger partial charge in [-0.25, -0.2) is 35.9 Å². The van der Waals surface area contributed by atoms with Gasteiger partial charge in [0, 0.05) is 23.6 Å². The van der Waals surface area contributed by atoms with E-state index >= 15 is 0 Å². The summed E-state index contributed by atoms with van der Waals surface area (Å²) in [6.45, 7) is 14.3. The topological polar surface area (TPSA) is 157 Å². The Kier molecular flexibility index (Phi) is 16.3. The van der Waals surface area contributed by atoms with E-state index < -0.39 is 32.1 Å². The van der Waals surface area contributed by atoms with Gasteiger partial charge in [0.05, 0.1) is 5.75 Å². The van der Waals surface area contributed by atoms with Crippen molar-refractivity contribution in [2.24, 2.45) is 5.92 Å². The van der Waals surface area contributed by atoms with Crippen molar-refractivity contribution >= 4 is 43.5 Å². The van der Waals surface area contributed by atoms with E-state index in [0.29, 0.717) is 13.1 Å². The lowest BCUT2D eigenvalue weighted by Crippen LogP contribution is -2.42. The molecule has 0 aliphatic heterocycles. The summed E-state index contributed by atoms with van der Waals surface area (Å²) >= 11 is 0. The second-order valence-electron chi connectivity index (χ2n) is 16.6. The Bertz CT molecular complexity index is 1900. The molecule has 12 nitrogen and oxygen atoms in total. The molecule has 0 aromatic heterocycles. The number of nitrogens with zero attached hydrogens (tertiary/aromatic N) is 2. The number of amides is 4. The Labute approximate surface area is 348 Å². The molecule has 0 fully saturated rings. The molecular formula is C43H76N6O6S2. The molecule has 2 aromatic carbocycles. The highest BCUT2D eigenvalue weighted by Gasteiger charge is 2.28. The molecule has 4 amide bonds. The fourth-order valence-electron chi connectivity index (χ4n) is 9.48. The number of anilines is 2. The van der Waals surface area contributed by atoms with E-state index in [1.54, 1.807) is 0 Å². The fraction of sp³-hybridized carbons (Fsp3) is 0.674. The highest BCUT2D eigenvalue weighted by molar-refractivity contribution is 7.90. The third-order valence-electron chi connectivity index (χ3n) is 11.5. The molecule has 6 rings (SSSR count). The Morgan fingerprint density at radius 2 is 0.930 bits per heavy atom. The van der Waals surface area contributed by atoms with Crippen molar-refractivity contribution in [3.63, 3.8) is 0 Å². The molecule has 4 aliphatic carbocycles. The number of hydrogen-bond acceptors (Lipinski definition) is 8. The summed E-state index contributed by atoms with van der Waals surface area (Å²) in [5, 5.41) is 5.80. The molecule has 4 aliphatic rings. The van der Waals surface area contributed by atoms with Gasteiger partial charge in [-0.15, -0.1) is 0 Å². The van der Waals surface area contributed by atoms with Gasteiger partial charge in [0.2, 0.25) is 20.0 Å². The Hall–Kier alpha value is -3.20. The summed E-state index contributed by atoms with van der Waals surface area (Å²) in [4.78, 5) is 29.3. The molecule has 2 aromatic rings. The highest BCUT2D eigenvalue weighted by Crippen LogP contribution is 2.40. The van der Waals surface area contributed by atoms with Gasteiger partial charge >= 0.3 is 12.1 Å². The van der Waals surface area contributed by atoms with E-state index in [1.165, 1.54) is 44.5 Å². The van der Waals surface area contributed by atoms with Gasteiger partial charge in [-0.05, 0) is 179 Å². The van der Waals surface area contributed by atoms with Crippen LogP contribution in [0.5, 0.6) is 0 Å². The van der Waals surface area contributed by atoms with Crippen LogP contribution in [0.25, 0.3) is 0 Å². The molecule has 0 bridgehead atoms. The number of urea groups is 2. The summed E-state index contributed by atoms with van der Waals surface area (Å²) in [6, 6.07) is 3.32.